The third-order valence-electron chi connectivity index (χ3n) is 6.10. The predicted octanol–water partition coefficient (Wildman–Crippen LogP) is 5.83. The molecule has 3 rings (SSSR count). The Morgan fingerprint density at radius 1 is 0.923 bits per heavy atom. The lowest BCUT2D eigenvalue weighted by Crippen LogP contribution is -2.53. The van der Waals surface area contributed by atoms with E-state index in [0.29, 0.717) is 6.42 Å². The van der Waals surface area contributed by atoms with Crippen molar-refractivity contribution in [3.8, 4) is 0 Å². The lowest BCUT2D eigenvalue weighted by molar-refractivity contribution is -0.140. The fraction of sp³-hybridized carbons (Fsp3) is 0.310. The lowest BCUT2D eigenvalue weighted by Gasteiger charge is -2.33. The van der Waals surface area contributed by atoms with Crippen molar-refractivity contribution in [1.82, 2.24) is 10.2 Å². The molecule has 0 saturated heterocycles. The Morgan fingerprint density at radius 2 is 1.56 bits per heavy atom. The molecule has 3 aromatic carbocycles. The number of nitrogens with zero attached hydrogens (tertiary/aromatic N) is 2. The van der Waals surface area contributed by atoms with Gasteiger partial charge in [-0.25, -0.2) is 8.42 Å². The molecule has 10 heteroatoms. The third kappa shape index (κ3) is 7.53. The summed E-state index contributed by atoms with van der Waals surface area (Å²) in [5.41, 5.74) is 1.75. The van der Waals surface area contributed by atoms with Gasteiger partial charge in [-0.05, 0) is 57.0 Å². The van der Waals surface area contributed by atoms with Gasteiger partial charge in [0.25, 0.3) is 10.0 Å². The van der Waals surface area contributed by atoms with Gasteiger partial charge in [0, 0.05) is 12.6 Å². The molecule has 0 saturated carbocycles. The lowest BCUT2D eigenvalue weighted by atomic mass is 10.1. The molecule has 0 unspecified atom stereocenters. The molecular formula is C29H33Cl2N3O4S. The van der Waals surface area contributed by atoms with E-state index in [1.54, 1.807) is 18.2 Å². The molecule has 0 spiro atoms. The van der Waals surface area contributed by atoms with Gasteiger partial charge in [-0.3, -0.25) is 13.9 Å². The van der Waals surface area contributed by atoms with Crippen molar-refractivity contribution in [3.63, 3.8) is 0 Å². The summed E-state index contributed by atoms with van der Waals surface area (Å²) in [5.74, 6) is -0.873. The second-order valence-electron chi connectivity index (χ2n) is 9.49. The van der Waals surface area contributed by atoms with Crippen LogP contribution in [0.1, 0.15) is 38.3 Å². The summed E-state index contributed by atoms with van der Waals surface area (Å²) in [6.45, 7) is 6.86. The molecule has 1 N–H and O–H groups in total. The van der Waals surface area contributed by atoms with E-state index in [-0.39, 0.29) is 39.1 Å². The van der Waals surface area contributed by atoms with E-state index in [9.17, 15) is 18.0 Å². The second kappa shape index (κ2) is 13.3. The average molecular weight is 591 g/mol. The molecule has 7 nitrogen and oxygen atoms in total. The van der Waals surface area contributed by atoms with E-state index in [4.69, 9.17) is 23.2 Å². The van der Waals surface area contributed by atoms with Crippen LogP contribution in [0, 0.1) is 6.92 Å². The zero-order chi connectivity index (χ0) is 28.7. The number of halogens is 2. The van der Waals surface area contributed by atoms with Gasteiger partial charge in [-0.2, -0.15) is 0 Å². The molecule has 0 aliphatic rings. The van der Waals surface area contributed by atoms with Crippen LogP contribution in [0.5, 0.6) is 0 Å². The standard InChI is InChI=1S/C29H33Cl2N3O4S/c1-5-25(29(36)32-20(2)3)33(18-22-10-7-6-8-11-22)27(35)19-34(26-13-9-12-24(30)28(26)31)39(37,38)23-16-14-21(4)15-17-23/h6-17,20,25H,5,18-19H2,1-4H3,(H,32,36)/t25-/m1/s1. The Morgan fingerprint density at radius 3 is 2.15 bits per heavy atom. The largest absolute Gasteiger partial charge is 0.352 e. The minimum atomic E-state index is -4.24. The smallest absolute Gasteiger partial charge is 0.264 e. The number of aryl methyl sites for hydroxylation is 1. The van der Waals surface area contributed by atoms with E-state index in [2.05, 4.69) is 5.32 Å². The molecule has 39 heavy (non-hydrogen) atoms. The highest BCUT2D eigenvalue weighted by atomic mass is 35.5. The van der Waals surface area contributed by atoms with E-state index in [0.717, 1.165) is 15.4 Å². The van der Waals surface area contributed by atoms with Gasteiger partial charge in [0.1, 0.15) is 12.6 Å². The van der Waals surface area contributed by atoms with Gasteiger partial charge < -0.3 is 10.2 Å². The maximum absolute atomic E-state index is 14.0. The Hall–Kier alpha value is -3.07. The zero-order valence-corrected chi connectivity index (χ0v) is 24.7. The highest BCUT2D eigenvalue weighted by Crippen LogP contribution is 2.35. The molecular weight excluding hydrogens is 557 g/mol. The highest BCUT2D eigenvalue weighted by Gasteiger charge is 2.34. The van der Waals surface area contributed by atoms with E-state index < -0.39 is 28.5 Å². The summed E-state index contributed by atoms with van der Waals surface area (Å²) >= 11 is 12.7. The minimum Gasteiger partial charge on any atom is -0.352 e. The van der Waals surface area contributed by atoms with Crippen molar-refractivity contribution in [2.45, 2.75) is 57.6 Å². The fourth-order valence-electron chi connectivity index (χ4n) is 4.12. The first-order chi connectivity index (χ1) is 18.4. The molecule has 0 aliphatic carbocycles. The van der Waals surface area contributed by atoms with Gasteiger partial charge in [0.05, 0.1) is 20.6 Å². The number of rotatable bonds is 11. The minimum absolute atomic E-state index is 0.00172. The molecule has 208 valence electrons. The monoisotopic (exact) mass is 589 g/mol. The SMILES string of the molecule is CC[C@H](C(=O)NC(C)C)N(Cc1ccccc1)C(=O)CN(c1cccc(Cl)c1Cl)S(=O)(=O)c1ccc(C)cc1. The van der Waals surface area contributed by atoms with Crippen LogP contribution >= 0.6 is 23.2 Å². The van der Waals surface area contributed by atoms with Crippen molar-refractivity contribution >= 4 is 50.7 Å². The maximum atomic E-state index is 14.0. The Balaban J connectivity index is 2.09. The van der Waals surface area contributed by atoms with Gasteiger partial charge in [-0.1, -0.05) is 84.2 Å². The zero-order valence-electron chi connectivity index (χ0n) is 22.4. The molecule has 1 atom stereocenters. The quantitative estimate of drug-likeness (QED) is 0.305. The number of hydrogen-bond donors (Lipinski definition) is 1. The van der Waals surface area contributed by atoms with Crippen molar-refractivity contribution in [2.75, 3.05) is 10.8 Å². The molecule has 3 aromatic rings. The van der Waals surface area contributed by atoms with Gasteiger partial charge in [0.15, 0.2) is 0 Å². The number of nitrogens with one attached hydrogen (secondary N) is 1. The Kier molecular flexibility index (Phi) is 10.4. The van der Waals surface area contributed by atoms with Crippen LogP contribution in [-0.4, -0.2) is 43.8 Å². The molecule has 0 heterocycles. The molecule has 2 amide bonds. The third-order valence-corrected chi connectivity index (χ3v) is 8.68. The van der Waals surface area contributed by atoms with E-state index >= 15 is 0 Å². The Bertz CT molecular complexity index is 1400. The van der Waals surface area contributed by atoms with Crippen LogP contribution in [0.4, 0.5) is 5.69 Å². The molecule has 0 aliphatic heterocycles. The maximum Gasteiger partial charge on any atom is 0.264 e. The van der Waals surface area contributed by atoms with Crippen molar-refractivity contribution < 1.29 is 18.0 Å². The first-order valence-electron chi connectivity index (χ1n) is 12.6. The number of sulfonamides is 1. The van der Waals surface area contributed by atoms with Crippen LogP contribution in [0.25, 0.3) is 0 Å². The first kappa shape index (κ1) is 30.5. The summed E-state index contributed by atoms with van der Waals surface area (Å²) in [6.07, 6.45) is 0.333. The van der Waals surface area contributed by atoms with E-state index in [1.165, 1.54) is 29.2 Å². The fourth-order valence-corrected chi connectivity index (χ4v) is 5.99. The van der Waals surface area contributed by atoms with Crippen LogP contribution in [0.2, 0.25) is 10.0 Å². The molecule has 0 aromatic heterocycles. The van der Waals surface area contributed by atoms with Crippen LogP contribution < -0.4 is 9.62 Å². The van der Waals surface area contributed by atoms with Gasteiger partial charge in [0.2, 0.25) is 11.8 Å². The van der Waals surface area contributed by atoms with Gasteiger partial charge >= 0.3 is 0 Å². The van der Waals surface area contributed by atoms with Crippen LogP contribution in [0.3, 0.4) is 0 Å². The van der Waals surface area contributed by atoms with Gasteiger partial charge in [-0.15, -0.1) is 0 Å². The first-order valence-corrected chi connectivity index (χ1v) is 14.8. The number of hydrogen-bond acceptors (Lipinski definition) is 4. The number of carbonyl (C=O) groups is 2. The number of amides is 2. The molecule has 0 bridgehead atoms. The van der Waals surface area contributed by atoms with Crippen molar-refractivity contribution in [1.29, 1.82) is 0 Å². The van der Waals surface area contributed by atoms with E-state index in [1.807, 2.05) is 58.0 Å². The topological polar surface area (TPSA) is 86.8 Å². The van der Waals surface area contributed by atoms with Crippen LogP contribution in [0.15, 0.2) is 77.7 Å². The molecule has 0 fully saturated rings. The van der Waals surface area contributed by atoms with Crippen molar-refractivity contribution in [2.24, 2.45) is 0 Å². The number of carbonyl (C=O) groups excluding carboxylic acids is 2. The summed E-state index contributed by atoms with van der Waals surface area (Å²) in [4.78, 5) is 28.6. The second-order valence-corrected chi connectivity index (χ2v) is 12.1. The number of anilines is 1. The summed E-state index contributed by atoms with van der Waals surface area (Å²) in [5, 5.41) is 3.02. The summed E-state index contributed by atoms with van der Waals surface area (Å²) < 4.78 is 28.8. The summed E-state index contributed by atoms with van der Waals surface area (Å²) in [6, 6.07) is 19.2. The highest BCUT2D eigenvalue weighted by molar-refractivity contribution is 7.92. The van der Waals surface area contributed by atoms with Crippen molar-refractivity contribution in [3.05, 3.63) is 94.0 Å². The average Bonchev–Trinajstić information content (AvgIpc) is 2.89. The molecule has 0 radical (unpaired) electrons. The van der Waals surface area contributed by atoms with Crippen LogP contribution in [-0.2, 0) is 26.2 Å². The normalized spacial score (nSPS) is 12.2. The number of benzene rings is 3. The Labute approximate surface area is 240 Å². The predicted molar refractivity (Wildman–Crippen MR) is 157 cm³/mol. The summed E-state index contributed by atoms with van der Waals surface area (Å²) in [7, 11) is -4.24.